The Kier molecular flexibility index (Phi) is 5.73. The maximum Gasteiger partial charge on any atom is 0.123 e. The van der Waals surface area contributed by atoms with Crippen molar-refractivity contribution < 1.29 is 14.6 Å². The summed E-state index contributed by atoms with van der Waals surface area (Å²) in [6, 6.07) is 5.86. The van der Waals surface area contributed by atoms with E-state index < -0.39 is 11.7 Å². The monoisotopic (exact) mass is 295 g/mol. The van der Waals surface area contributed by atoms with Gasteiger partial charge in [-0.2, -0.15) is 0 Å². The summed E-state index contributed by atoms with van der Waals surface area (Å²) in [5.74, 6) is 0.441. The molecule has 2 rings (SSSR count). The van der Waals surface area contributed by atoms with E-state index in [1.807, 2.05) is 0 Å². The highest BCUT2D eigenvalue weighted by atomic mass is 19.1. The molecule has 0 amide bonds. The summed E-state index contributed by atoms with van der Waals surface area (Å²) in [5.41, 5.74) is 0.0411. The van der Waals surface area contributed by atoms with Gasteiger partial charge in [-0.05, 0) is 49.3 Å². The number of rotatable bonds is 6. The fourth-order valence-corrected chi connectivity index (χ4v) is 3.04. The van der Waals surface area contributed by atoms with Gasteiger partial charge in [-0.15, -0.1) is 0 Å². The molecule has 0 aliphatic heterocycles. The molecule has 4 heteroatoms. The van der Waals surface area contributed by atoms with E-state index in [9.17, 15) is 14.6 Å². The molecular weight excluding hydrogens is 269 g/mol. The molecule has 118 valence electrons. The molecule has 0 heterocycles. The Balaban J connectivity index is 1.75. The highest BCUT2D eigenvalue weighted by Gasteiger charge is 2.32. The van der Waals surface area contributed by atoms with Crippen molar-refractivity contribution in [1.82, 2.24) is 5.32 Å². The summed E-state index contributed by atoms with van der Waals surface area (Å²) in [7, 11) is 0. The van der Waals surface area contributed by atoms with Gasteiger partial charge < -0.3 is 15.5 Å². The molecule has 3 nitrogen and oxygen atoms in total. The van der Waals surface area contributed by atoms with Gasteiger partial charge in [-0.25, -0.2) is 4.39 Å². The third-order valence-corrected chi connectivity index (χ3v) is 4.66. The predicted octanol–water partition coefficient (Wildman–Crippen LogP) is 2.78. The van der Waals surface area contributed by atoms with Crippen LogP contribution in [0.15, 0.2) is 24.3 Å². The molecule has 1 aromatic rings. The number of halogens is 1. The van der Waals surface area contributed by atoms with E-state index in [-0.39, 0.29) is 5.82 Å². The van der Waals surface area contributed by atoms with Crippen LogP contribution in [0.3, 0.4) is 0 Å². The van der Waals surface area contributed by atoms with Crippen molar-refractivity contribution >= 4 is 0 Å². The van der Waals surface area contributed by atoms with Gasteiger partial charge in [0.15, 0.2) is 0 Å². The van der Waals surface area contributed by atoms with E-state index >= 15 is 0 Å². The van der Waals surface area contributed by atoms with Crippen LogP contribution in [0.2, 0.25) is 0 Å². The quantitative estimate of drug-likeness (QED) is 0.756. The van der Waals surface area contributed by atoms with Crippen molar-refractivity contribution in [3.05, 3.63) is 35.6 Å². The van der Waals surface area contributed by atoms with Gasteiger partial charge in [0, 0.05) is 13.1 Å². The van der Waals surface area contributed by atoms with Crippen molar-refractivity contribution in [1.29, 1.82) is 0 Å². The average Bonchev–Trinajstić information content (AvgIpc) is 2.48. The Morgan fingerprint density at radius 1 is 1.29 bits per heavy atom. The minimum absolute atomic E-state index is 0.305. The van der Waals surface area contributed by atoms with Crippen LogP contribution in [0.4, 0.5) is 4.39 Å². The zero-order chi connectivity index (χ0) is 15.3. The van der Waals surface area contributed by atoms with Gasteiger partial charge in [0.05, 0.1) is 11.7 Å². The predicted molar refractivity (Wildman–Crippen MR) is 81.4 cm³/mol. The lowest BCUT2D eigenvalue weighted by Crippen LogP contribution is -2.44. The topological polar surface area (TPSA) is 52.5 Å². The van der Waals surface area contributed by atoms with Gasteiger partial charge in [0.2, 0.25) is 0 Å². The molecule has 1 atom stereocenters. The van der Waals surface area contributed by atoms with Gasteiger partial charge in [0.1, 0.15) is 5.82 Å². The Hall–Kier alpha value is -0.970. The molecule has 0 saturated heterocycles. The smallest absolute Gasteiger partial charge is 0.123 e. The van der Waals surface area contributed by atoms with E-state index in [2.05, 4.69) is 12.2 Å². The molecule has 1 aliphatic rings. The zero-order valence-electron chi connectivity index (χ0n) is 12.7. The average molecular weight is 295 g/mol. The Labute approximate surface area is 126 Å². The molecule has 1 fully saturated rings. The number of hydrogen-bond donors (Lipinski definition) is 3. The van der Waals surface area contributed by atoms with Crippen molar-refractivity contribution in [2.24, 2.45) is 5.92 Å². The van der Waals surface area contributed by atoms with Crippen LogP contribution in [0, 0.1) is 11.7 Å². The molecule has 21 heavy (non-hydrogen) atoms. The third-order valence-electron chi connectivity index (χ3n) is 4.66. The second-order valence-corrected chi connectivity index (χ2v) is 6.27. The SMILES string of the molecule is CCC1CCC(O)(CNCC(O)c2ccc(F)cc2)CC1. The van der Waals surface area contributed by atoms with Gasteiger partial charge in [0.25, 0.3) is 0 Å². The maximum atomic E-state index is 12.8. The summed E-state index contributed by atoms with van der Waals surface area (Å²) < 4.78 is 12.8. The maximum absolute atomic E-state index is 12.8. The largest absolute Gasteiger partial charge is 0.389 e. The van der Waals surface area contributed by atoms with Crippen molar-refractivity contribution in [3.63, 3.8) is 0 Å². The second kappa shape index (κ2) is 7.34. The summed E-state index contributed by atoms with van der Waals surface area (Å²) in [4.78, 5) is 0. The molecule has 0 aromatic heterocycles. The summed E-state index contributed by atoms with van der Waals surface area (Å²) >= 11 is 0. The number of aliphatic hydroxyl groups excluding tert-OH is 1. The standard InChI is InChI=1S/C17H26FNO2/c1-2-13-7-9-17(21,10-8-13)12-19-11-16(20)14-3-5-15(18)6-4-14/h3-6,13,16,19-21H,2,7-12H2,1H3. The Morgan fingerprint density at radius 2 is 1.90 bits per heavy atom. The van der Waals surface area contributed by atoms with Crippen molar-refractivity contribution in [3.8, 4) is 0 Å². The molecule has 1 aliphatic carbocycles. The zero-order valence-corrected chi connectivity index (χ0v) is 12.7. The Bertz CT molecular complexity index is 427. The highest BCUT2D eigenvalue weighted by molar-refractivity contribution is 5.18. The van der Waals surface area contributed by atoms with Crippen LogP contribution >= 0.6 is 0 Å². The molecular formula is C17H26FNO2. The highest BCUT2D eigenvalue weighted by Crippen LogP contribution is 2.33. The first-order valence-electron chi connectivity index (χ1n) is 7.89. The molecule has 1 unspecified atom stereocenters. The summed E-state index contributed by atoms with van der Waals surface area (Å²) in [6.45, 7) is 3.07. The number of nitrogens with one attached hydrogen (secondary N) is 1. The molecule has 0 bridgehead atoms. The van der Waals surface area contributed by atoms with Gasteiger partial charge in [-0.3, -0.25) is 0 Å². The lowest BCUT2D eigenvalue weighted by molar-refractivity contribution is -0.0105. The van der Waals surface area contributed by atoms with Crippen LogP contribution in [0.5, 0.6) is 0 Å². The van der Waals surface area contributed by atoms with Gasteiger partial charge in [-0.1, -0.05) is 25.5 Å². The first kappa shape index (κ1) is 16.4. The molecule has 0 radical (unpaired) electrons. The number of aliphatic hydroxyl groups is 2. The summed E-state index contributed by atoms with van der Waals surface area (Å²) in [5, 5.41) is 23.7. The third kappa shape index (κ3) is 4.77. The lowest BCUT2D eigenvalue weighted by Gasteiger charge is -2.36. The number of hydrogen-bond acceptors (Lipinski definition) is 3. The normalized spacial score (nSPS) is 27.5. The first-order chi connectivity index (χ1) is 10.0. The molecule has 1 aromatic carbocycles. The van der Waals surface area contributed by atoms with E-state index in [1.54, 1.807) is 12.1 Å². The molecule has 0 spiro atoms. The van der Waals surface area contributed by atoms with E-state index in [0.717, 1.165) is 31.6 Å². The van der Waals surface area contributed by atoms with E-state index in [1.165, 1.54) is 18.6 Å². The fourth-order valence-electron chi connectivity index (χ4n) is 3.04. The first-order valence-corrected chi connectivity index (χ1v) is 7.89. The van der Waals surface area contributed by atoms with Crippen LogP contribution in [0.25, 0.3) is 0 Å². The number of benzene rings is 1. The van der Waals surface area contributed by atoms with Crippen LogP contribution in [0.1, 0.15) is 50.7 Å². The van der Waals surface area contributed by atoms with E-state index in [0.29, 0.717) is 18.7 Å². The van der Waals surface area contributed by atoms with E-state index in [4.69, 9.17) is 0 Å². The Morgan fingerprint density at radius 3 is 2.48 bits per heavy atom. The van der Waals surface area contributed by atoms with Crippen LogP contribution in [-0.4, -0.2) is 28.9 Å². The minimum Gasteiger partial charge on any atom is -0.389 e. The fraction of sp³-hybridized carbons (Fsp3) is 0.647. The van der Waals surface area contributed by atoms with Gasteiger partial charge >= 0.3 is 0 Å². The lowest BCUT2D eigenvalue weighted by atomic mass is 9.78. The second-order valence-electron chi connectivity index (χ2n) is 6.27. The van der Waals surface area contributed by atoms with Crippen LogP contribution in [-0.2, 0) is 0 Å². The van der Waals surface area contributed by atoms with Crippen LogP contribution < -0.4 is 5.32 Å². The van der Waals surface area contributed by atoms with Crippen molar-refractivity contribution in [2.45, 2.75) is 50.7 Å². The minimum atomic E-state index is -0.679. The van der Waals surface area contributed by atoms with Crippen molar-refractivity contribution in [2.75, 3.05) is 13.1 Å². The molecule has 1 saturated carbocycles. The summed E-state index contributed by atoms with van der Waals surface area (Å²) in [6.07, 6.45) is 4.31. The molecule has 3 N–H and O–H groups in total.